The minimum atomic E-state index is 0.196. The van der Waals surface area contributed by atoms with Gasteiger partial charge in [0.25, 0.3) is 0 Å². The van der Waals surface area contributed by atoms with Crippen molar-refractivity contribution >= 4 is 34.3 Å². The lowest BCUT2D eigenvalue weighted by Gasteiger charge is -2.08. The molecule has 0 aromatic carbocycles. The molecule has 0 saturated heterocycles. The van der Waals surface area contributed by atoms with Crippen molar-refractivity contribution in [2.24, 2.45) is 5.73 Å². The van der Waals surface area contributed by atoms with E-state index in [4.69, 9.17) is 17.3 Å². The first-order chi connectivity index (χ1) is 7.20. The minimum absolute atomic E-state index is 0.196. The van der Waals surface area contributed by atoms with Crippen LogP contribution in [0.3, 0.4) is 0 Å². The van der Waals surface area contributed by atoms with Crippen molar-refractivity contribution in [3.8, 4) is 0 Å². The van der Waals surface area contributed by atoms with Crippen molar-refractivity contribution < 1.29 is 0 Å². The molecule has 0 radical (unpaired) electrons. The summed E-state index contributed by atoms with van der Waals surface area (Å²) in [6.07, 6.45) is 0. The average molecular weight is 259 g/mol. The van der Waals surface area contributed by atoms with Gasteiger partial charge in [-0.05, 0) is 19.1 Å². The zero-order valence-electron chi connectivity index (χ0n) is 8.24. The third-order valence-electron chi connectivity index (χ3n) is 2.11. The van der Waals surface area contributed by atoms with Gasteiger partial charge >= 0.3 is 0 Å². The highest BCUT2D eigenvalue weighted by atomic mass is 35.5. The first-order valence-electron chi connectivity index (χ1n) is 4.58. The third-order valence-corrected chi connectivity index (χ3v) is 4.53. The molecule has 0 fully saturated rings. The SMILES string of the molecule is Cc1csc(C(CN)c2ccc(Cl)s2)n1. The summed E-state index contributed by atoms with van der Waals surface area (Å²) in [6.45, 7) is 2.57. The van der Waals surface area contributed by atoms with Gasteiger partial charge in [0.1, 0.15) is 5.01 Å². The van der Waals surface area contributed by atoms with Crippen LogP contribution in [-0.4, -0.2) is 11.5 Å². The van der Waals surface area contributed by atoms with Gasteiger partial charge in [-0.2, -0.15) is 0 Å². The molecule has 2 aromatic heterocycles. The molecule has 1 atom stereocenters. The Morgan fingerprint density at radius 1 is 1.53 bits per heavy atom. The molecule has 0 spiro atoms. The van der Waals surface area contributed by atoms with Gasteiger partial charge in [0.15, 0.2) is 0 Å². The van der Waals surface area contributed by atoms with E-state index in [1.807, 2.05) is 24.4 Å². The maximum Gasteiger partial charge on any atom is 0.102 e. The van der Waals surface area contributed by atoms with Gasteiger partial charge in [0.05, 0.1) is 10.3 Å². The lowest BCUT2D eigenvalue weighted by Crippen LogP contribution is -2.12. The predicted molar refractivity (Wildman–Crippen MR) is 67.1 cm³/mol. The summed E-state index contributed by atoms with van der Waals surface area (Å²) in [5.41, 5.74) is 6.84. The number of thiazole rings is 1. The molecule has 2 heterocycles. The highest BCUT2D eigenvalue weighted by molar-refractivity contribution is 7.16. The van der Waals surface area contributed by atoms with Gasteiger partial charge < -0.3 is 5.73 Å². The molecule has 2 N–H and O–H groups in total. The van der Waals surface area contributed by atoms with Crippen LogP contribution in [-0.2, 0) is 0 Å². The summed E-state index contributed by atoms with van der Waals surface area (Å²) in [6, 6.07) is 3.94. The topological polar surface area (TPSA) is 38.9 Å². The quantitative estimate of drug-likeness (QED) is 0.918. The van der Waals surface area contributed by atoms with E-state index in [1.165, 1.54) is 4.88 Å². The number of aryl methyl sites for hydroxylation is 1. The van der Waals surface area contributed by atoms with Crippen molar-refractivity contribution in [2.45, 2.75) is 12.8 Å². The third kappa shape index (κ3) is 2.39. The molecule has 0 aliphatic rings. The van der Waals surface area contributed by atoms with Crippen molar-refractivity contribution in [2.75, 3.05) is 6.54 Å². The number of rotatable bonds is 3. The molecule has 0 aliphatic carbocycles. The van der Waals surface area contributed by atoms with Crippen molar-refractivity contribution in [3.05, 3.63) is 37.4 Å². The Morgan fingerprint density at radius 3 is 2.80 bits per heavy atom. The van der Waals surface area contributed by atoms with Gasteiger partial charge in [0.2, 0.25) is 0 Å². The maximum absolute atomic E-state index is 5.91. The highest BCUT2D eigenvalue weighted by Crippen LogP contribution is 2.33. The molecule has 0 bridgehead atoms. The number of halogens is 1. The lowest BCUT2D eigenvalue weighted by molar-refractivity contribution is 0.821. The van der Waals surface area contributed by atoms with Crippen LogP contribution < -0.4 is 5.73 Å². The standard InChI is InChI=1S/C10H11ClN2S2/c1-6-5-14-10(13-6)7(4-12)8-2-3-9(11)15-8/h2-3,5,7H,4,12H2,1H3. The summed E-state index contributed by atoms with van der Waals surface area (Å²) in [5.74, 6) is 0.196. The van der Waals surface area contributed by atoms with Crippen LogP contribution in [0.5, 0.6) is 0 Å². The Bertz CT molecular complexity index is 409. The van der Waals surface area contributed by atoms with Crippen LogP contribution in [0.15, 0.2) is 17.5 Å². The summed E-state index contributed by atoms with van der Waals surface area (Å²) >= 11 is 9.15. The Hall–Kier alpha value is -0.420. The Labute approximate surface area is 102 Å². The summed E-state index contributed by atoms with van der Waals surface area (Å²) in [7, 11) is 0. The van der Waals surface area contributed by atoms with Crippen LogP contribution in [0, 0.1) is 6.92 Å². The first-order valence-corrected chi connectivity index (χ1v) is 6.65. The normalized spacial score (nSPS) is 13.0. The second-order valence-electron chi connectivity index (χ2n) is 3.26. The zero-order valence-corrected chi connectivity index (χ0v) is 10.6. The monoisotopic (exact) mass is 258 g/mol. The summed E-state index contributed by atoms with van der Waals surface area (Å²) in [4.78, 5) is 5.66. The number of nitrogens with zero attached hydrogens (tertiary/aromatic N) is 1. The van der Waals surface area contributed by atoms with E-state index in [-0.39, 0.29) is 5.92 Å². The fraction of sp³-hybridized carbons (Fsp3) is 0.300. The van der Waals surface area contributed by atoms with E-state index < -0.39 is 0 Å². The van der Waals surface area contributed by atoms with Crippen LogP contribution in [0.2, 0.25) is 4.34 Å². The molecule has 5 heteroatoms. The van der Waals surface area contributed by atoms with Crippen LogP contribution in [0.25, 0.3) is 0 Å². The van der Waals surface area contributed by atoms with E-state index >= 15 is 0 Å². The van der Waals surface area contributed by atoms with E-state index in [9.17, 15) is 0 Å². The van der Waals surface area contributed by atoms with Crippen molar-refractivity contribution in [1.82, 2.24) is 4.98 Å². The smallest absolute Gasteiger partial charge is 0.102 e. The predicted octanol–water partition coefficient (Wildman–Crippen LogP) is 3.26. The van der Waals surface area contributed by atoms with Crippen LogP contribution in [0.4, 0.5) is 0 Å². The molecule has 0 saturated carbocycles. The molecular formula is C10H11ClN2S2. The summed E-state index contributed by atoms with van der Waals surface area (Å²) < 4.78 is 0.803. The molecule has 80 valence electrons. The van der Waals surface area contributed by atoms with Crippen molar-refractivity contribution in [3.63, 3.8) is 0 Å². The van der Waals surface area contributed by atoms with Crippen LogP contribution in [0.1, 0.15) is 21.5 Å². The number of hydrogen-bond acceptors (Lipinski definition) is 4. The molecule has 2 aromatic rings. The second-order valence-corrected chi connectivity index (χ2v) is 5.89. The molecule has 1 unspecified atom stereocenters. The van der Waals surface area contributed by atoms with E-state index in [0.717, 1.165) is 15.0 Å². The Balaban J connectivity index is 2.32. The lowest BCUT2D eigenvalue weighted by atomic mass is 10.1. The van der Waals surface area contributed by atoms with Gasteiger partial charge in [-0.1, -0.05) is 11.6 Å². The van der Waals surface area contributed by atoms with Crippen molar-refractivity contribution in [1.29, 1.82) is 0 Å². The molecule has 15 heavy (non-hydrogen) atoms. The summed E-state index contributed by atoms with van der Waals surface area (Å²) in [5, 5.41) is 3.13. The number of thiophene rings is 1. The fourth-order valence-corrected chi connectivity index (χ4v) is 3.57. The van der Waals surface area contributed by atoms with Gasteiger partial charge in [-0.25, -0.2) is 4.98 Å². The Kier molecular flexibility index (Phi) is 3.41. The van der Waals surface area contributed by atoms with Crippen LogP contribution >= 0.6 is 34.3 Å². The molecule has 0 aliphatic heterocycles. The van der Waals surface area contributed by atoms with Gasteiger partial charge in [-0.15, -0.1) is 22.7 Å². The molecule has 2 nitrogen and oxygen atoms in total. The van der Waals surface area contributed by atoms with E-state index in [2.05, 4.69) is 4.98 Å². The van der Waals surface area contributed by atoms with E-state index in [1.54, 1.807) is 22.7 Å². The maximum atomic E-state index is 5.91. The molecule has 0 amide bonds. The fourth-order valence-electron chi connectivity index (χ4n) is 1.39. The largest absolute Gasteiger partial charge is 0.329 e. The molecular weight excluding hydrogens is 248 g/mol. The minimum Gasteiger partial charge on any atom is -0.329 e. The molecule has 2 rings (SSSR count). The second kappa shape index (κ2) is 4.61. The average Bonchev–Trinajstić information content (AvgIpc) is 2.78. The number of aromatic nitrogens is 1. The van der Waals surface area contributed by atoms with Gasteiger partial charge in [0, 0.05) is 22.5 Å². The highest BCUT2D eigenvalue weighted by Gasteiger charge is 2.17. The first kappa shape index (κ1) is 11.1. The number of nitrogens with two attached hydrogens (primary N) is 1. The Morgan fingerprint density at radius 2 is 2.33 bits per heavy atom. The van der Waals surface area contributed by atoms with E-state index in [0.29, 0.717) is 6.54 Å². The van der Waals surface area contributed by atoms with Gasteiger partial charge in [-0.3, -0.25) is 0 Å². The number of hydrogen-bond donors (Lipinski definition) is 1. The zero-order chi connectivity index (χ0) is 10.8.